The second kappa shape index (κ2) is 5.74. The predicted octanol–water partition coefficient (Wildman–Crippen LogP) is 5.13. The molecular weight excluding hydrogens is 308 g/mol. The van der Waals surface area contributed by atoms with E-state index >= 15 is 0 Å². The van der Waals surface area contributed by atoms with Gasteiger partial charge in [0, 0.05) is 6.42 Å². The first kappa shape index (κ1) is 16.2. The van der Waals surface area contributed by atoms with Crippen molar-refractivity contribution in [1.82, 2.24) is 0 Å². The Hall–Kier alpha value is -1.02. The molecule has 0 spiro atoms. The van der Waals surface area contributed by atoms with E-state index in [-0.39, 0.29) is 0 Å². The van der Waals surface area contributed by atoms with E-state index in [1.54, 1.807) is 5.57 Å². The van der Waals surface area contributed by atoms with E-state index in [1.165, 1.54) is 37.9 Å². The molecule has 0 aromatic rings. The van der Waals surface area contributed by atoms with Gasteiger partial charge in [-0.15, -0.1) is 6.58 Å². The lowest BCUT2D eigenvalue weighted by Crippen LogP contribution is -2.49. The first-order valence-electron chi connectivity index (χ1n) is 10.3. The molecule has 0 aromatic carbocycles. The Labute approximate surface area is 152 Å². The second-order valence-corrected chi connectivity index (χ2v) is 9.40. The minimum Gasteiger partial charge on any atom is -0.501 e. The molecule has 25 heavy (non-hydrogen) atoms. The highest BCUT2D eigenvalue weighted by atomic mass is 16.5. The molecular formula is C23H32O2. The Morgan fingerprint density at radius 2 is 2.12 bits per heavy atom. The van der Waals surface area contributed by atoms with Gasteiger partial charge < -0.3 is 9.47 Å². The van der Waals surface area contributed by atoms with Gasteiger partial charge >= 0.3 is 0 Å². The van der Waals surface area contributed by atoms with Crippen molar-refractivity contribution < 1.29 is 9.47 Å². The van der Waals surface area contributed by atoms with Crippen molar-refractivity contribution in [2.24, 2.45) is 40.9 Å². The van der Waals surface area contributed by atoms with Crippen LogP contribution >= 0.6 is 0 Å². The molecule has 2 nitrogen and oxygen atoms in total. The van der Waals surface area contributed by atoms with Gasteiger partial charge in [0.1, 0.15) is 0 Å². The summed E-state index contributed by atoms with van der Waals surface area (Å²) in [5.74, 6) is 6.41. The summed E-state index contributed by atoms with van der Waals surface area (Å²) in [6.45, 7) is 7.14. The Morgan fingerprint density at radius 1 is 1.24 bits per heavy atom. The first-order valence-corrected chi connectivity index (χ1v) is 10.3. The van der Waals surface area contributed by atoms with Crippen LogP contribution in [0, 0.1) is 40.9 Å². The van der Waals surface area contributed by atoms with E-state index < -0.39 is 0 Å². The van der Waals surface area contributed by atoms with Crippen molar-refractivity contribution in [3.8, 4) is 0 Å². The van der Waals surface area contributed by atoms with E-state index in [9.17, 15) is 0 Å². The molecule has 0 radical (unpaired) electrons. The summed E-state index contributed by atoms with van der Waals surface area (Å²) in [4.78, 5) is 0. The smallest absolute Gasteiger partial charge is 0.0958 e. The quantitative estimate of drug-likeness (QED) is 0.661. The Balaban J connectivity index is 1.43. The fourth-order valence-electron chi connectivity index (χ4n) is 7.48. The summed E-state index contributed by atoms with van der Waals surface area (Å²) in [6.07, 6.45) is 15.2. The number of hydrogen-bond acceptors (Lipinski definition) is 2. The number of fused-ring (bicyclic) bond motifs is 7. The molecule has 0 saturated heterocycles. The van der Waals surface area contributed by atoms with Crippen LogP contribution in [0.5, 0.6) is 0 Å². The summed E-state index contributed by atoms with van der Waals surface area (Å²) in [6, 6.07) is 0. The highest BCUT2D eigenvalue weighted by Crippen LogP contribution is 2.72. The van der Waals surface area contributed by atoms with Gasteiger partial charge in [-0.1, -0.05) is 19.1 Å². The van der Waals surface area contributed by atoms with Gasteiger partial charge in [0.25, 0.3) is 0 Å². The highest BCUT2D eigenvalue weighted by Gasteiger charge is 2.69. The third kappa shape index (κ3) is 2.25. The van der Waals surface area contributed by atoms with Crippen molar-refractivity contribution in [2.75, 3.05) is 13.7 Å². The molecule has 136 valence electrons. The first-order chi connectivity index (χ1) is 12.2. The number of allylic oxidation sites excluding steroid dienone is 4. The van der Waals surface area contributed by atoms with Crippen molar-refractivity contribution in [2.45, 2.75) is 51.6 Å². The lowest BCUT2D eigenvalue weighted by molar-refractivity contribution is -0.0907. The minimum absolute atomic E-state index is 0.408. The van der Waals surface area contributed by atoms with Gasteiger partial charge in [0.2, 0.25) is 0 Å². The van der Waals surface area contributed by atoms with E-state index in [2.05, 4.69) is 25.7 Å². The van der Waals surface area contributed by atoms with Gasteiger partial charge in [0.05, 0.1) is 25.6 Å². The second-order valence-electron chi connectivity index (χ2n) is 9.40. The van der Waals surface area contributed by atoms with Crippen molar-refractivity contribution in [1.29, 1.82) is 0 Å². The molecule has 2 heteroatoms. The zero-order valence-electron chi connectivity index (χ0n) is 15.7. The molecule has 8 unspecified atom stereocenters. The lowest BCUT2D eigenvalue weighted by atomic mass is 9.52. The van der Waals surface area contributed by atoms with E-state index in [0.717, 1.165) is 48.5 Å². The Kier molecular flexibility index (Phi) is 3.71. The van der Waals surface area contributed by atoms with Crippen LogP contribution in [-0.2, 0) is 9.47 Å². The van der Waals surface area contributed by atoms with Gasteiger partial charge in [-0.2, -0.15) is 0 Å². The van der Waals surface area contributed by atoms with Crippen LogP contribution in [-0.4, -0.2) is 19.8 Å². The molecule has 0 N–H and O–H groups in total. The summed E-state index contributed by atoms with van der Waals surface area (Å²) in [7, 11) is 1.82. The summed E-state index contributed by atoms with van der Waals surface area (Å²) < 4.78 is 11.9. The van der Waals surface area contributed by atoms with Crippen LogP contribution in [0.1, 0.15) is 45.4 Å². The van der Waals surface area contributed by atoms with Crippen LogP contribution < -0.4 is 0 Å². The molecule has 0 amide bonds. The zero-order chi connectivity index (χ0) is 17.2. The van der Waals surface area contributed by atoms with Crippen LogP contribution in [0.25, 0.3) is 0 Å². The molecule has 0 aliphatic heterocycles. The Bertz CT molecular complexity index is 632. The summed E-state index contributed by atoms with van der Waals surface area (Å²) in [5.41, 5.74) is 1.99. The average Bonchev–Trinajstić information content (AvgIpc) is 3.35. The number of rotatable bonds is 4. The fourth-order valence-corrected chi connectivity index (χ4v) is 7.48. The van der Waals surface area contributed by atoms with E-state index in [4.69, 9.17) is 9.47 Å². The van der Waals surface area contributed by atoms with Crippen molar-refractivity contribution in [3.05, 3.63) is 36.1 Å². The fraction of sp³-hybridized carbons (Fsp3) is 0.739. The topological polar surface area (TPSA) is 18.5 Å². The van der Waals surface area contributed by atoms with Gasteiger partial charge in [-0.05, 0) is 84.7 Å². The third-order valence-corrected chi connectivity index (χ3v) is 8.44. The average molecular weight is 341 g/mol. The van der Waals surface area contributed by atoms with Crippen LogP contribution in [0.15, 0.2) is 36.1 Å². The molecule has 5 aliphatic rings. The highest BCUT2D eigenvalue weighted by molar-refractivity contribution is 5.32. The molecule has 5 aliphatic carbocycles. The van der Waals surface area contributed by atoms with Gasteiger partial charge in [0.15, 0.2) is 0 Å². The lowest BCUT2D eigenvalue weighted by Gasteiger charge is -2.54. The maximum absolute atomic E-state index is 6.33. The maximum atomic E-state index is 6.33. The third-order valence-electron chi connectivity index (χ3n) is 8.44. The van der Waals surface area contributed by atoms with Gasteiger partial charge in [-0.25, -0.2) is 0 Å². The number of methoxy groups -OCH3 is 1. The maximum Gasteiger partial charge on any atom is 0.0958 e. The molecule has 0 bridgehead atoms. The number of hydrogen-bond donors (Lipinski definition) is 0. The molecule has 0 aromatic heterocycles. The van der Waals surface area contributed by atoms with E-state index in [0.29, 0.717) is 11.5 Å². The monoisotopic (exact) mass is 340 g/mol. The SMILES string of the molecule is C=CCOC1C2CC2C2C3CC=C4C=C(OC)CCC4C3CCC12C. The largest absolute Gasteiger partial charge is 0.501 e. The minimum atomic E-state index is 0.408. The predicted molar refractivity (Wildman–Crippen MR) is 99.9 cm³/mol. The van der Waals surface area contributed by atoms with Crippen LogP contribution in [0.4, 0.5) is 0 Å². The van der Waals surface area contributed by atoms with Crippen molar-refractivity contribution in [3.63, 3.8) is 0 Å². The van der Waals surface area contributed by atoms with E-state index in [1.807, 2.05) is 13.2 Å². The molecule has 3 fully saturated rings. The summed E-state index contributed by atoms with van der Waals surface area (Å²) >= 11 is 0. The van der Waals surface area contributed by atoms with Crippen LogP contribution in [0.3, 0.4) is 0 Å². The molecule has 0 heterocycles. The standard InChI is InChI=1S/C23H32O2/c1-4-11-25-22-20-13-19(20)21-18-7-5-14-12-15(24-3)6-8-16(14)17(18)9-10-23(21,22)2/h4-5,12,16-22H,1,6-11,13H2,2-3H3. The summed E-state index contributed by atoms with van der Waals surface area (Å²) in [5, 5.41) is 0. The molecule has 3 saturated carbocycles. The number of ether oxygens (including phenoxy) is 2. The molecule has 5 rings (SSSR count). The van der Waals surface area contributed by atoms with Gasteiger partial charge in [-0.3, -0.25) is 0 Å². The van der Waals surface area contributed by atoms with Crippen molar-refractivity contribution >= 4 is 0 Å². The van der Waals surface area contributed by atoms with Crippen LogP contribution in [0.2, 0.25) is 0 Å². The normalized spacial score (nSPS) is 49.8. The zero-order valence-corrected chi connectivity index (χ0v) is 15.7. The molecule has 8 atom stereocenters. The Morgan fingerprint density at radius 3 is 2.92 bits per heavy atom.